The summed E-state index contributed by atoms with van der Waals surface area (Å²) in [6.07, 6.45) is 0. The number of halogens is 2. The van der Waals surface area contributed by atoms with Gasteiger partial charge in [0.15, 0.2) is 0 Å². The van der Waals surface area contributed by atoms with Gasteiger partial charge in [0.2, 0.25) is 5.91 Å². The Hall–Kier alpha value is -0.810. The van der Waals surface area contributed by atoms with Gasteiger partial charge in [0.1, 0.15) is 0 Å². The molecule has 0 aliphatic heterocycles. The van der Waals surface area contributed by atoms with Crippen molar-refractivity contribution in [2.75, 3.05) is 32.1 Å². The molecule has 4 nitrogen and oxygen atoms in total. The van der Waals surface area contributed by atoms with Crippen molar-refractivity contribution in [1.82, 2.24) is 4.90 Å². The molecule has 0 radical (unpaired) electrons. The van der Waals surface area contributed by atoms with Crippen LogP contribution in [0.5, 0.6) is 0 Å². The summed E-state index contributed by atoms with van der Waals surface area (Å²) in [6.45, 7) is 2.45. The van der Waals surface area contributed by atoms with Crippen LogP contribution in [-0.4, -0.2) is 42.7 Å². The number of likely N-dealkylation sites (N-methyl/N-ethyl adjacent to an activating group) is 1. The van der Waals surface area contributed by atoms with Crippen LogP contribution >= 0.6 is 23.2 Å². The molecule has 1 rings (SSSR count). The normalized spacial score (nSPS) is 10.8. The lowest BCUT2D eigenvalue weighted by molar-refractivity contribution is -0.117. The maximum absolute atomic E-state index is 11.8. The van der Waals surface area contributed by atoms with Crippen molar-refractivity contribution >= 4 is 34.8 Å². The molecule has 100 valence electrons. The van der Waals surface area contributed by atoms with Gasteiger partial charge in [0.05, 0.1) is 28.9 Å². The van der Waals surface area contributed by atoms with E-state index in [4.69, 9.17) is 28.3 Å². The van der Waals surface area contributed by atoms with Gasteiger partial charge in [-0.25, -0.2) is 0 Å². The molecule has 0 aliphatic carbocycles. The van der Waals surface area contributed by atoms with Crippen molar-refractivity contribution in [3.63, 3.8) is 0 Å². The van der Waals surface area contributed by atoms with E-state index < -0.39 is 0 Å². The Kier molecular flexibility index (Phi) is 5.88. The minimum absolute atomic E-state index is 0.00966. The fraction of sp³-hybridized carbons (Fsp3) is 0.417. The molecule has 0 aromatic heterocycles. The molecule has 0 spiro atoms. The Balaban J connectivity index is 2.73. The molecule has 0 heterocycles. The molecule has 1 amide bonds. The number of aryl methyl sites for hydroxylation is 1. The monoisotopic (exact) mass is 290 g/mol. The summed E-state index contributed by atoms with van der Waals surface area (Å²) in [6, 6.07) is 3.48. The predicted octanol–water partition coefficient (Wildman–Crippen LogP) is 2.16. The van der Waals surface area contributed by atoms with Gasteiger partial charge < -0.3 is 10.4 Å². The quantitative estimate of drug-likeness (QED) is 0.874. The van der Waals surface area contributed by atoms with Gasteiger partial charge in [-0.15, -0.1) is 0 Å². The second-order valence-corrected chi connectivity index (χ2v) is 4.85. The number of benzene rings is 1. The van der Waals surface area contributed by atoms with E-state index in [9.17, 15) is 4.79 Å². The Morgan fingerprint density at radius 2 is 2.11 bits per heavy atom. The third kappa shape index (κ3) is 4.14. The zero-order valence-electron chi connectivity index (χ0n) is 10.3. The number of carbonyl (C=O) groups is 1. The third-order valence-electron chi connectivity index (χ3n) is 2.44. The van der Waals surface area contributed by atoms with Crippen molar-refractivity contribution in [3.8, 4) is 0 Å². The SMILES string of the molecule is Cc1ccc(Cl)c(NC(=O)CN(C)CCO)c1Cl. The van der Waals surface area contributed by atoms with Gasteiger partial charge >= 0.3 is 0 Å². The Bertz CT molecular complexity index is 438. The van der Waals surface area contributed by atoms with Crippen molar-refractivity contribution in [1.29, 1.82) is 0 Å². The number of aliphatic hydroxyl groups is 1. The van der Waals surface area contributed by atoms with Crippen LogP contribution in [0.3, 0.4) is 0 Å². The van der Waals surface area contributed by atoms with Crippen LogP contribution in [0.2, 0.25) is 10.0 Å². The lowest BCUT2D eigenvalue weighted by atomic mass is 10.2. The first kappa shape index (κ1) is 15.2. The number of hydrogen-bond donors (Lipinski definition) is 2. The largest absolute Gasteiger partial charge is 0.395 e. The second kappa shape index (κ2) is 6.95. The number of carbonyl (C=O) groups excluding carboxylic acids is 1. The molecule has 0 unspecified atom stereocenters. The lowest BCUT2D eigenvalue weighted by Gasteiger charge is -2.16. The smallest absolute Gasteiger partial charge is 0.238 e. The summed E-state index contributed by atoms with van der Waals surface area (Å²) in [7, 11) is 1.75. The van der Waals surface area contributed by atoms with Crippen molar-refractivity contribution < 1.29 is 9.90 Å². The molecular weight excluding hydrogens is 275 g/mol. The van der Waals surface area contributed by atoms with Gasteiger partial charge in [-0.1, -0.05) is 29.3 Å². The van der Waals surface area contributed by atoms with Crippen LogP contribution in [0, 0.1) is 6.92 Å². The summed E-state index contributed by atoms with van der Waals surface area (Å²) >= 11 is 12.1. The number of anilines is 1. The Labute approximate surface area is 116 Å². The molecule has 0 aliphatic rings. The van der Waals surface area contributed by atoms with E-state index in [1.165, 1.54) is 0 Å². The summed E-state index contributed by atoms with van der Waals surface area (Å²) in [4.78, 5) is 13.5. The first-order chi connectivity index (χ1) is 8.45. The van der Waals surface area contributed by atoms with E-state index in [1.54, 1.807) is 24.1 Å². The van der Waals surface area contributed by atoms with Crippen LogP contribution in [0.4, 0.5) is 5.69 Å². The first-order valence-electron chi connectivity index (χ1n) is 5.49. The van der Waals surface area contributed by atoms with E-state index in [-0.39, 0.29) is 19.1 Å². The van der Waals surface area contributed by atoms with E-state index in [0.717, 1.165) is 5.56 Å². The first-order valence-corrected chi connectivity index (χ1v) is 6.25. The number of nitrogens with one attached hydrogen (secondary N) is 1. The zero-order valence-corrected chi connectivity index (χ0v) is 11.8. The van der Waals surface area contributed by atoms with Gasteiger partial charge in [0.25, 0.3) is 0 Å². The highest BCUT2D eigenvalue weighted by Gasteiger charge is 2.12. The average molecular weight is 291 g/mol. The minimum atomic E-state index is -0.222. The zero-order chi connectivity index (χ0) is 13.7. The van der Waals surface area contributed by atoms with E-state index >= 15 is 0 Å². The Morgan fingerprint density at radius 3 is 2.72 bits per heavy atom. The molecule has 0 fully saturated rings. The number of amides is 1. The standard InChI is InChI=1S/C12H16Cl2N2O2/c1-8-3-4-9(13)12(11(8)14)15-10(18)7-16(2)5-6-17/h3-4,17H,5-7H2,1-2H3,(H,15,18). The summed E-state index contributed by atoms with van der Waals surface area (Å²) in [5.41, 5.74) is 1.28. The molecule has 0 saturated carbocycles. The van der Waals surface area contributed by atoms with Crippen LogP contribution < -0.4 is 5.32 Å². The van der Waals surface area contributed by atoms with Crippen molar-refractivity contribution in [3.05, 3.63) is 27.7 Å². The number of nitrogens with zero attached hydrogens (tertiary/aromatic N) is 1. The number of rotatable bonds is 5. The van der Waals surface area contributed by atoms with Crippen LogP contribution in [0.15, 0.2) is 12.1 Å². The van der Waals surface area contributed by atoms with Crippen LogP contribution in [0.1, 0.15) is 5.56 Å². The van der Waals surface area contributed by atoms with Gasteiger partial charge in [-0.05, 0) is 25.6 Å². The highest BCUT2D eigenvalue weighted by molar-refractivity contribution is 6.40. The fourth-order valence-electron chi connectivity index (χ4n) is 1.45. The predicted molar refractivity (Wildman–Crippen MR) is 74.4 cm³/mol. The van der Waals surface area contributed by atoms with Gasteiger partial charge in [-0.2, -0.15) is 0 Å². The average Bonchev–Trinajstić information content (AvgIpc) is 2.30. The molecule has 2 N–H and O–H groups in total. The summed E-state index contributed by atoms with van der Waals surface area (Å²) < 4.78 is 0. The lowest BCUT2D eigenvalue weighted by Crippen LogP contribution is -2.32. The second-order valence-electron chi connectivity index (χ2n) is 4.06. The molecule has 0 bridgehead atoms. The molecule has 1 aromatic rings. The van der Waals surface area contributed by atoms with Crippen molar-refractivity contribution in [2.45, 2.75) is 6.92 Å². The molecule has 1 aromatic carbocycles. The van der Waals surface area contributed by atoms with E-state index in [0.29, 0.717) is 22.3 Å². The fourth-order valence-corrected chi connectivity index (χ4v) is 1.91. The maximum atomic E-state index is 11.8. The molecule has 0 atom stereocenters. The topological polar surface area (TPSA) is 52.6 Å². The van der Waals surface area contributed by atoms with Crippen molar-refractivity contribution in [2.24, 2.45) is 0 Å². The summed E-state index contributed by atoms with van der Waals surface area (Å²) in [5.74, 6) is -0.222. The van der Waals surface area contributed by atoms with Gasteiger partial charge in [0, 0.05) is 6.54 Å². The third-order valence-corrected chi connectivity index (χ3v) is 3.25. The molecule has 18 heavy (non-hydrogen) atoms. The number of aliphatic hydroxyl groups excluding tert-OH is 1. The van der Waals surface area contributed by atoms with Crippen LogP contribution in [0.25, 0.3) is 0 Å². The maximum Gasteiger partial charge on any atom is 0.238 e. The van der Waals surface area contributed by atoms with E-state index in [1.807, 2.05) is 6.92 Å². The highest BCUT2D eigenvalue weighted by atomic mass is 35.5. The number of hydrogen-bond acceptors (Lipinski definition) is 3. The minimum Gasteiger partial charge on any atom is -0.395 e. The molecule has 6 heteroatoms. The van der Waals surface area contributed by atoms with Crippen LogP contribution in [-0.2, 0) is 4.79 Å². The summed E-state index contributed by atoms with van der Waals surface area (Å²) in [5, 5.41) is 12.3. The Morgan fingerprint density at radius 1 is 1.44 bits per heavy atom. The molecular formula is C12H16Cl2N2O2. The van der Waals surface area contributed by atoms with Gasteiger partial charge in [-0.3, -0.25) is 9.69 Å². The molecule has 0 saturated heterocycles. The highest BCUT2D eigenvalue weighted by Crippen LogP contribution is 2.32. The van der Waals surface area contributed by atoms with E-state index in [2.05, 4.69) is 5.32 Å².